The van der Waals surface area contributed by atoms with E-state index < -0.39 is 6.04 Å². The molecule has 5 nitrogen and oxygen atoms in total. The van der Waals surface area contributed by atoms with Crippen LogP contribution in [0.25, 0.3) is 0 Å². The summed E-state index contributed by atoms with van der Waals surface area (Å²) < 4.78 is 5.54. The summed E-state index contributed by atoms with van der Waals surface area (Å²) in [6.45, 7) is 3.04. The van der Waals surface area contributed by atoms with Crippen molar-refractivity contribution in [3.63, 3.8) is 0 Å². The molecule has 1 aromatic heterocycles. The Labute approximate surface area is 145 Å². The number of carbonyl (C=O) groups excluding carboxylic acids is 2. The van der Waals surface area contributed by atoms with Gasteiger partial charge >= 0.3 is 0 Å². The largest absolute Gasteiger partial charge is 0.492 e. The molecule has 0 bridgehead atoms. The van der Waals surface area contributed by atoms with Crippen molar-refractivity contribution in [1.82, 2.24) is 4.90 Å². The highest BCUT2D eigenvalue weighted by Gasteiger charge is 2.35. The second-order valence-corrected chi connectivity index (χ2v) is 6.50. The third-order valence-corrected chi connectivity index (χ3v) is 4.85. The summed E-state index contributed by atoms with van der Waals surface area (Å²) in [6.07, 6.45) is 1.52. The number of anilines is 1. The van der Waals surface area contributed by atoms with E-state index in [1.807, 2.05) is 42.6 Å². The smallest absolute Gasteiger partial charge is 0.264 e. The second-order valence-electron chi connectivity index (χ2n) is 5.55. The SMILES string of the molecule is CCOc1ccccc1NC(=O)[C@@H]1CCCN1C(=O)c1cccs1. The molecule has 2 amide bonds. The number of carbonyl (C=O) groups is 2. The maximum absolute atomic E-state index is 12.7. The predicted molar refractivity (Wildman–Crippen MR) is 94.6 cm³/mol. The van der Waals surface area contributed by atoms with Crippen molar-refractivity contribution in [2.75, 3.05) is 18.5 Å². The Morgan fingerprint density at radius 1 is 1.29 bits per heavy atom. The quantitative estimate of drug-likeness (QED) is 0.904. The average Bonchev–Trinajstić information content (AvgIpc) is 3.28. The van der Waals surface area contributed by atoms with Gasteiger partial charge in [0.2, 0.25) is 5.91 Å². The summed E-state index contributed by atoms with van der Waals surface area (Å²) in [5, 5.41) is 4.78. The minimum Gasteiger partial charge on any atom is -0.492 e. The van der Waals surface area contributed by atoms with E-state index in [-0.39, 0.29) is 11.8 Å². The lowest BCUT2D eigenvalue weighted by Gasteiger charge is -2.24. The molecule has 126 valence electrons. The Morgan fingerprint density at radius 3 is 2.88 bits per heavy atom. The zero-order valence-corrected chi connectivity index (χ0v) is 14.3. The van der Waals surface area contributed by atoms with Gasteiger partial charge in [-0.1, -0.05) is 18.2 Å². The lowest BCUT2D eigenvalue weighted by molar-refractivity contribution is -0.119. The van der Waals surface area contributed by atoms with Gasteiger partial charge in [-0.15, -0.1) is 11.3 Å². The maximum Gasteiger partial charge on any atom is 0.264 e. The molecule has 1 atom stereocenters. The van der Waals surface area contributed by atoms with Crippen LogP contribution in [0.5, 0.6) is 5.75 Å². The number of nitrogens with one attached hydrogen (secondary N) is 1. The van der Waals surface area contributed by atoms with Crippen LogP contribution in [0.15, 0.2) is 41.8 Å². The topological polar surface area (TPSA) is 58.6 Å². The molecule has 6 heteroatoms. The van der Waals surface area contributed by atoms with E-state index in [2.05, 4.69) is 5.32 Å². The number of likely N-dealkylation sites (tertiary alicyclic amines) is 1. The van der Waals surface area contributed by atoms with Gasteiger partial charge < -0.3 is 15.0 Å². The average molecular weight is 344 g/mol. The Morgan fingerprint density at radius 2 is 2.12 bits per heavy atom. The van der Waals surface area contributed by atoms with Gasteiger partial charge in [-0.2, -0.15) is 0 Å². The van der Waals surface area contributed by atoms with Crippen LogP contribution >= 0.6 is 11.3 Å². The molecule has 1 N–H and O–H groups in total. The van der Waals surface area contributed by atoms with E-state index in [1.165, 1.54) is 11.3 Å². The number of rotatable bonds is 5. The fraction of sp³-hybridized carbons (Fsp3) is 0.333. The Bertz CT molecular complexity index is 715. The lowest BCUT2D eigenvalue weighted by atomic mass is 10.2. The van der Waals surface area contributed by atoms with Crippen LogP contribution in [0, 0.1) is 0 Å². The zero-order valence-electron chi connectivity index (χ0n) is 13.5. The number of para-hydroxylation sites is 2. The van der Waals surface area contributed by atoms with E-state index >= 15 is 0 Å². The fourth-order valence-electron chi connectivity index (χ4n) is 2.89. The van der Waals surface area contributed by atoms with Crippen LogP contribution in [0.3, 0.4) is 0 Å². The van der Waals surface area contributed by atoms with Crippen molar-refractivity contribution in [1.29, 1.82) is 0 Å². The Kier molecular flexibility index (Phi) is 5.15. The molecule has 2 aromatic rings. The van der Waals surface area contributed by atoms with Crippen molar-refractivity contribution < 1.29 is 14.3 Å². The first-order valence-corrected chi connectivity index (χ1v) is 8.96. The van der Waals surface area contributed by atoms with Gasteiger partial charge in [-0.05, 0) is 43.3 Å². The summed E-state index contributed by atoms with van der Waals surface area (Å²) >= 11 is 1.40. The number of nitrogens with zero attached hydrogens (tertiary/aromatic N) is 1. The number of hydrogen-bond acceptors (Lipinski definition) is 4. The molecule has 0 aliphatic carbocycles. The molecule has 3 rings (SSSR count). The molecule has 2 heterocycles. The molecule has 1 aliphatic heterocycles. The molecule has 0 spiro atoms. The molecule has 1 aromatic carbocycles. The minimum absolute atomic E-state index is 0.0688. The van der Waals surface area contributed by atoms with Gasteiger partial charge in [0.15, 0.2) is 0 Å². The molecule has 0 saturated carbocycles. The Hall–Kier alpha value is -2.34. The maximum atomic E-state index is 12.7. The minimum atomic E-state index is -0.436. The third kappa shape index (κ3) is 3.43. The van der Waals surface area contributed by atoms with Gasteiger partial charge in [0.05, 0.1) is 17.2 Å². The molecular formula is C18H20N2O3S. The van der Waals surface area contributed by atoms with Gasteiger partial charge in [0.25, 0.3) is 5.91 Å². The number of hydrogen-bond donors (Lipinski definition) is 1. The highest BCUT2D eigenvalue weighted by molar-refractivity contribution is 7.12. The number of thiophene rings is 1. The lowest BCUT2D eigenvalue weighted by Crippen LogP contribution is -2.43. The first-order valence-electron chi connectivity index (χ1n) is 8.08. The molecule has 0 radical (unpaired) electrons. The molecule has 24 heavy (non-hydrogen) atoms. The van der Waals surface area contributed by atoms with E-state index in [0.717, 1.165) is 6.42 Å². The van der Waals surface area contributed by atoms with Crippen molar-refractivity contribution in [3.8, 4) is 5.75 Å². The van der Waals surface area contributed by atoms with E-state index in [0.29, 0.717) is 35.9 Å². The second kappa shape index (κ2) is 7.49. The fourth-order valence-corrected chi connectivity index (χ4v) is 3.57. The van der Waals surface area contributed by atoms with Crippen molar-refractivity contribution >= 4 is 28.8 Å². The predicted octanol–water partition coefficient (Wildman–Crippen LogP) is 3.39. The van der Waals surface area contributed by atoms with Crippen LogP contribution in [-0.2, 0) is 4.79 Å². The first kappa shape index (κ1) is 16.5. The van der Waals surface area contributed by atoms with Gasteiger partial charge in [-0.3, -0.25) is 9.59 Å². The highest BCUT2D eigenvalue weighted by atomic mass is 32.1. The van der Waals surface area contributed by atoms with Crippen LogP contribution in [0.4, 0.5) is 5.69 Å². The molecule has 1 saturated heterocycles. The third-order valence-electron chi connectivity index (χ3n) is 3.99. The number of ether oxygens (including phenoxy) is 1. The first-order chi connectivity index (χ1) is 11.7. The molecule has 1 aliphatic rings. The van der Waals surface area contributed by atoms with Crippen molar-refractivity contribution in [2.45, 2.75) is 25.8 Å². The van der Waals surface area contributed by atoms with Crippen molar-refractivity contribution in [3.05, 3.63) is 46.7 Å². The van der Waals surface area contributed by atoms with Gasteiger partial charge in [0.1, 0.15) is 11.8 Å². The van der Waals surface area contributed by atoms with Crippen LogP contribution in [0.1, 0.15) is 29.4 Å². The zero-order chi connectivity index (χ0) is 16.9. The van der Waals surface area contributed by atoms with Crippen LogP contribution < -0.4 is 10.1 Å². The summed E-state index contributed by atoms with van der Waals surface area (Å²) in [4.78, 5) is 27.6. The van der Waals surface area contributed by atoms with E-state index in [1.54, 1.807) is 11.0 Å². The molecular weight excluding hydrogens is 324 g/mol. The Balaban J connectivity index is 1.73. The summed E-state index contributed by atoms with van der Waals surface area (Å²) in [5.74, 6) is 0.410. The van der Waals surface area contributed by atoms with Crippen molar-refractivity contribution in [2.24, 2.45) is 0 Å². The molecule has 1 fully saturated rings. The summed E-state index contributed by atoms with van der Waals surface area (Å²) in [5.41, 5.74) is 0.639. The monoisotopic (exact) mass is 344 g/mol. The summed E-state index contributed by atoms with van der Waals surface area (Å²) in [6, 6.07) is 10.6. The standard InChI is InChI=1S/C18H20N2O3S/c1-2-23-15-9-4-3-7-13(15)19-17(21)14-8-5-11-20(14)18(22)16-10-6-12-24-16/h3-4,6-7,9-10,12,14H,2,5,8,11H2,1H3,(H,19,21)/t14-/m0/s1. The highest BCUT2D eigenvalue weighted by Crippen LogP contribution is 2.27. The van der Waals surface area contributed by atoms with E-state index in [9.17, 15) is 9.59 Å². The van der Waals surface area contributed by atoms with Gasteiger partial charge in [0, 0.05) is 6.54 Å². The summed E-state index contributed by atoms with van der Waals surface area (Å²) in [7, 11) is 0. The van der Waals surface area contributed by atoms with E-state index in [4.69, 9.17) is 4.74 Å². The molecule has 0 unspecified atom stereocenters. The van der Waals surface area contributed by atoms with Gasteiger partial charge in [-0.25, -0.2) is 0 Å². The van der Waals surface area contributed by atoms with Crippen LogP contribution in [-0.4, -0.2) is 35.9 Å². The number of benzene rings is 1. The number of amides is 2. The normalized spacial score (nSPS) is 16.9. The van der Waals surface area contributed by atoms with Crippen LogP contribution in [0.2, 0.25) is 0 Å².